The van der Waals surface area contributed by atoms with Gasteiger partial charge >= 0.3 is 17.0 Å². The van der Waals surface area contributed by atoms with Gasteiger partial charge in [0.2, 0.25) is 11.8 Å². The first-order chi connectivity index (χ1) is 19.9. The molecular formula is C26H20F3N3O8S2. The molecule has 3 amide bonds. The fraction of sp³-hybridized carbons (Fsp3) is 0.269. The van der Waals surface area contributed by atoms with Gasteiger partial charge in [0.25, 0.3) is 5.91 Å². The Morgan fingerprint density at radius 2 is 1.86 bits per heavy atom. The zero-order chi connectivity index (χ0) is 30.3. The maximum atomic E-state index is 13.3. The monoisotopic (exact) mass is 623 g/mol. The first-order valence-corrected chi connectivity index (χ1v) is 13.8. The topological polar surface area (TPSA) is 155 Å². The van der Waals surface area contributed by atoms with Crippen LogP contribution in [0.4, 0.5) is 18.9 Å². The van der Waals surface area contributed by atoms with Crippen molar-refractivity contribution in [3.05, 3.63) is 68.1 Å². The van der Waals surface area contributed by atoms with Crippen LogP contribution in [0, 0.1) is 5.92 Å². The number of halogens is 3. The summed E-state index contributed by atoms with van der Waals surface area (Å²) in [5.41, 5.74) is -0.525. The number of H-pyrrole nitrogens is 1. The molecule has 2 aromatic carbocycles. The van der Waals surface area contributed by atoms with Gasteiger partial charge in [0.15, 0.2) is 18.1 Å². The summed E-state index contributed by atoms with van der Waals surface area (Å²) in [5, 5.41) is 11.0. The van der Waals surface area contributed by atoms with E-state index in [2.05, 4.69) is 10.3 Å². The van der Waals surface area contributed by atoms with Crippen molar-refractivity contribution in [2.45, 2.75) is 22.4 Å². The highest BCUT2D eigenvalue weighted by Gasteiger charge is 2.56. The van der Waals surface area contributed by atoms with E-state index in [0.717, 1.165) is 41.3 Å². The number of nitrogens with zero attached hydrogens (tertiary/aromatic N) is 1. The second-order valence-electron chi connectivity index (χ2n) is 9.23. The number of fused-ring (bicyclic) bond motifs is 2. The van der Waals surface area contributed by atoms with Crippen molar-refractivity contribution in [3.8, 4) is 11.5 Å². The Morgan fingerprint density at radius 1 is 1.10 bits per heavy atom. The summed E-state index contributed by atoms with van der Waals surface area (Å²) in [4.78, 5) is 65.7. The average molecular weight is 624 g/mol. The molecule has 0 bridgehead atoms. The summed E-state index contributed by atoms with van der Waals surface area (Å²) < 4.78 is 49.8. The van der Waals surface area contributed by atoms with E-state index >= 15 is 0 Å². The van der Waals surface area contributed by atoms with Gasteiger partial charge in [-0.2, -0.15) is 13.2 Å². The average Bonchev–Trinajstić information content (AvgIpc) is 3.41. The van der Waals surface area contributed by atoms with Crippen LogP contribution < -0.4 is 19.7 Å². The fourth-order valence-corrected chi connectivity index (χ4v) is 7.37. The summed E-state index contributed by atoms with van der Waals surface area (Å²) in [7, 11) is 1.33. The predicted octanol–water partition coefficient (Wildman–Crippen LogP) is 3.16. The first kappa shape index (κ1) is 29.2. The normalized spacial score (nSPS) is 19.7. The largest absolute Gasteiger partial charge is 0.493 e. The molecule has 42 heavy (non-hydrogen) atoms. The smallest absolute Gasteiger partial charge is 0.416 e. The number of anilines is 1. The summed E-state index contributed by atoms with van der Waals surface area (Å²) in [6.45, 7) is -1.36. The molecule has 1 aromatic heterocycles. The molecule has 11 nitrogen and oxygen atoms in total. The summed E-state index contributed by atoms with van der Waals surface area (Å²) in [6.07, 6.45) is -4.58. The molecule has 0 radical (unpaired) electrons. The number of aromatic amines is 1. The Labute approximate surface area is 242 Å². The van der Waals surface area contributed by atoms with E-state index in [1.807, 2.05) is 0 Å². The molecule has 3 N–H and O–H groups in total. The van der Waals surface area contributed by atoms with Gasteiger partial charge in [-0.15, -0.1) is 0 Å². The van der Waals surface area contributed by atoms with Gasteiger partial charge in [0.1, 0.15) is 11.8 Å². The molecule has 0 aliphatic carbocycles. The molecule has 3 aromatic rings. The number of carbonyl (C=O) groups excluding carboxylic acids is 3. The number of rotatable bonds is 8. The number of aliphatic carboxylic acids is 1. The lowest BCUT2D eigenvalue weighted by Crippen LogP contribution is -2.36. The van der Waals surface area contributed by atoms with Crippen molar-refractivity contribution >= 4 is 52.5 Å². The van der Waals surface area contributed by atoms with E-state index in [0.29, 0.717) is 20.4 Å². The number of imide groups is 1. The minimum Gasteiger partial charge on any atom is -0.493 e. The molecule has 0 spiro atoms. The van der Waals surface area contributed by atoms with E-state index in [-0.39, 0.29) is 17.2 Å². The second-order valence-corrected chi connectivity index (χ2v) is 11.4. The van der Waals surface area contributed by atoms with Crippen LogP contribution >= 0.6 is 23.1 Å². The SMILES string of the molecule is COc1cc([C@H]2c3sc(=O)[nH]c3SC3C(=O)N(CC(=O)O)C(=O)C32)ccc1OCC(=O)Nc1cccc(C(F)(F)F)c1. The van der Waals surface area contributed by atoms with Crippen molar-refractivity contribution in [2.24, 2.45) is 5.92 Å². The number of benzene rings is 2. The molecule has 220 valence electrons. The lowest BCUT2D eigenvalue weighted by molar-refractivity contribution is -0.149. The van der Waals surface area contributed by atoms with Crippen molar-refractivity contribution in [1.29, 1.82) is 0 Å². The zero-order valence-corrected chi connectivity index (χ0v) is 23.0. The zero-order valence-electron chi connectivity index (χ0n) is 21.4. The third-order valence-electron chi connectivity index (χ3n) is 6.59. The number of carboxylic acids is 1. The van der Waals surface area contributed by atoms with Crippen molar-refractivity contribution in [2.75, 3.05) is 25.6 Å². The van der Waals surface area contributed by atoms with Crippen LogP contribution in [-0.4, -0.2) is 64.2 Å². The second kappa shape index (κ2) is 11.2. The Balaban J connectivity index is 1.39. The highest BCUT2D eigenvalue weighted by molar-refractivity contribution is 8.00. The van der Waals surface area contributed by atoms with E-state index < -0.39 is 70.5 Å². The van der Waals surface area contributed by atoms with Crippen LogP contribution in [0.5, 0.6) is 11.5 Å². The third kappa shape index (κ3) is 5.59. The van der Waals surface area contributed by atoms with Gasteiger partial charge in [0, 0.05) is 16.5 Å². The van der Waals surface area contributed by atoms with Gasteiger partial charge in [0.05, 0.1) is 23.6 Å². The Morgan fingerprint density at radius 3 is 2.55 bits per heavy atom. The maximum Gasteiger partial charge on any atom is 0.416 e. The van der Waals surface area contributed by atoms with Crippen molar-refractivity contribution < 1.29 is 46.9 Å². The minimum absolute atomic E-state index is 0.0699. The predicted molar refractivity (Wildman–Crippen MR) is 143 cm³/mol. The molecule has 1 fully saturated rings. The van der Waals surface area contributed by atoms with Crippen molar-refractivity contribution in [3.63, 3.8) is 0 Å². The molecule has 3 atom stereocenters. The maximum absolute atomic E-state index is 13.3. The number of thiazole rings is 1. The molecule has 16 heteroatoms. The number of ether oxygens (including phenoxy) is 2. The highest BCUT2D eigenvalue weighted by Crippen LogP contribution is 2.53. The van der Waals surface area contributed by atoms with Crippen LogP contribution in [0.2, 0.25) is 0 Å². The van der Waals surface area contributed by atoms with Gasteiger partial charge < -0.3 is 24.9 Å². The van der Waals surface area contributed by atoms with E-state index in [1.165, 1.54) is 25.3 Å². The third-order valence-corrected chi connectivity index (χ3v) is 8.99. The Hall–Kier alpha value is -4.31. The molecule has 1 saturated heterocycles. The molecular weight excluding hydrogens is 603 g/mol. The number of alkyl halides is 3. The Kier molecular flexibility index (Phi) is 7.76. The number of methoxy groups -OCH3 is 1. The molecule has 2 aliphatic rings. The fourth-order valence-electron chi connectivity index (χ4n) is 4.83. The number of hydrogen-bond donors (Lipinski definition) is 3. The summed E-state index contributed by atoms with van der Waals surface area (Å²) in [6, 6.07) is 8.65. The van der Waals surface area contributed by atoms with Gasteiger partial charge in [-0.25, -0.2) is 0 Å². The van der Waals surface area contributed by atoms with Crippen LogP contribution in [0.25, 0.3) is 0 Å². The van der Waals surface area contributed by atoms with E-state index in [1.54, 1.807) is 6.07 Å². The standard InChI is InChI=1S/C26H20F3N3O8S2/c1-39-15-7-11(5-6-14(15)40-10-16(33)30-13-4-2-3-12(8-13)26(27,28)29)18-19-21(41-22-20(18)42-25(38)31-22)24(37)32(23(19)36)9-17(34)35/h2-8,18-19,21H,9-10H2,1H3,(H,30,33)(H,31,38)(H,34,35)/t18-,19?,21?/m1/s1. The lowest BCUT2D eigenvalue weighted by atomic mass is 9.83. The highest BCUT2D eigenvalue weighted by atomic mass is 32.2. The number of carboxylic acid groups (broad SMARTS) is 1. The molecule has 5 rings (SSSR count). The summed E-state index contributed by atoms with van der Waals surface area (Å²) in [5.74, 6) is -4.97. The number of thioether (sulfide) groups is 1. The molecule has 2 unspecified atom stereocenters. The quantitative estimate of drug-likeness (QED) is 0.321. The number of amides is 3. The van der Waals surface area contributed by atoms with Crippen LogP contribution in [-0.2, 0) is 25.4 Å². The van der Waals surface area contributed by atoms with E-state index in [9.17, 15) is 42.3 Å². The van der Waals surface area contributed by atoms with E-state index in [4.69, 9.17) is 9.47 Å². The number of aromatic nitrogens is 1. The number of hydrogen-bond acceptors (Lipinski definition) is 9. The molecule has 0 saturated carbocycles. The summed E-state index contributed by atoms with van der Waals surface area (Å²) >= 11 is 1.87. The first-order valence-electron chi connectivity index (χ1n) is 12.1. The number of likely N-dealkylation sites (tertiary alicyclic amines) is 1. The Bertz CT molecular complexity index is 1650. The van der Waals surface area contributed by atoms with Crippen molar-refractivity contribution in [1.82, 2.24) is 9.88 Å². The van der Waals surface area contributed by atoms with Gasteiger partial charge in [-0.1, -0.05) is 35.2 Å². The minimum atomic E-state index is -4.58. The van der Waals surface area contributed by atoms with Crippen LogP contribution in [0.3, 0.4) is 0 Å². The van der Waals surface area contributed by atoms with Gasteiger partial charge in [-0.3, -0.25) is 28.9 Å². The van der Waals surface area contributed by atoms with Crippen LogP contribution in [0.15, 0.2) is 52.3 Å². The number of nitrogens with one attached hydrogen (secondary N) is 2. The number of carbonyl (C=O) groups is 4. The molecule has 3 heterocycles. The molecule has 2 aliphatic heterocycles. The lowest BCUT2D eigenvalue weighted by Gasteiger charge is -2.30. The van der Waals surface area contributed by atoms with Gasteiger partial charge in [-0.05, 0) is 35.9 Å². The van der Waals surface area contributed by atoms with Crippen LogP contribution in [0.1, 0.15) is 21.9 Å².